The van der Waals surface area contributed by atoms with Crippen LogP contribution in [0.25, 0.3) is 0 Å². The smallest absolute Gasteiger partial charge is 0.337 e. The van der Waals surface area contributed by atoms with Crippen molar-refractivity contribution >= 4 is 17.6 Å². The van der Waals surface area contributed by atoms with Crippen LogP contribution in [0.3, 0.4) is 0 Å². The average Bonchev–Trinajstić information content (AvgIpc) is 2.85. The predicted octanol–water partition coefficient (Wildman–Crippen LogP) is 5.17. The average molecular weight is 389 g/mol. The second kappa shape index (κ2) is 8.49. The molecule has 0 amide bonds. The minimum absolute atomic E-state index is 0.436. The summed E-state index contributed by atoms with van der Waals surface area (Å²) in [5.74, 6) is -0.212. The van der Waals surface area contributed by atoms with Gasteiger partial charge in [0.1, 0.15) is 0 Å². The van der Waals surface area contributed by atoms with Gasteiger partial charge in [-0.25, -0.2) is 4.79 Å². The Morgan fingerprint density at radius 1 is 1.26 bits per heavy atom. The van der Waals surface area contributed by atoms with Gasteiger partial charge in [-0.1, -0.05) is 43.5 Å². The first-order chi connectivity index (χ1) is 12.9. The zero-order chi connectivity index (χ0) is 19.6. The fraction of sp³-hybridized carbons (Fsp3) is 0.500. The zero-order valence-corrected chi connectivity index (χ0v) is 17.1. The Bertz CT molecular complexity index is 828. The maximum absolute atomic E-state index is 12.0. The van der Waals surface area contributed by atoms with E-state index in [1.807, 2.05) is 38.1 Å². The van der Waals surface area contributed by atoms with Crippen LogP contribution in [0, 0.1) is 19.8 Å². The van der Waals surface area contributed by atoms with Crippen LogP contribution in [0.5, 0.6) is 0 Å². The molecule has 1 aromatic carbocycles. The van der Waals surface area contributed by atoms with Crippen molar-refractivity contribution < 1.29 is 9.90 Å². The van der Waals surface area contributed by atoms with Gasteiger partial charge in [0, 0.05) is 41.1 Å². The molecule has 2 N–H and O–H groups in total. The van der Waals surface area contributed by atoms with Crippen LogP contribution in [-0.4, -0.2) is 21.7 Å². The third-order valence-corrected chi connectivity index (χ3v) is 6.24. The molecule has 2 aromatic rings. The van der Waals surface area contributed by atoms with E-state index in [0.29, 0.717) is 35.6 Å². The lowest BCUT2D eigenvalue weighted by Crippen LogP contribution is -2.37. The Kier molecular flexibility index (Phi) is 6.28. The maximum Gasteiger partial charge on any atom is 0.337 e. The maximum atomic E-state index is 12.0. The summed E-state index contributed by atoms with van der Waals surface area (Å²) in [5, 5.41) is 14.2. The number of hydrogen-bond acceptors (Lipinski definition) is 2. The normalized spacial score (nSPS) is 20.0. The Morgan fingerprint density at radius 3 is 2.67 bits per heavy atom. The zero-order valence-electron chi connectivity index (χ0n) is 16.4. The molecular weight excluding hydrogens is 360 g/mol. The van der Waals surface area contributed by atoms with Gasteiger partial charge in [-0.2, -0.15) is 0 Å². The van der Waals surface area contributed by atoms with E-state index in [4.69, 9.17) is 11.6 Å². The third kappa shape index (κ3) is 4.39. The largest absolute Gasteiger partial charge is 0.478 e. The topological polar surface area (TPSA) is 54.3 Å². The van der Waals surface area contributed by atoms with Crippen molar-refractivity contribution in [2.24, 2.45) is 5.92 Å². The van der Waals surface area contributed by atoms with Crippen LogP contribution in [0.4, 0.5) is 0 Å². The number of benzene rings is 1. The molecule has 3 rings (SSSR count). The number of rotatable bonds is 6. The lowest BCUT2D eigenvalue weighted by atomic mass is 9.86. The van der Waals surface area contributed by atoms with Crippen molar-refractivity contribution in [1.82, 2.24) is 9.88 Å². The summed E-state index contributed by atoms with van der Waals surface area (Å²) >= 11 is 6.11. The minimum atomic E-state index is -0.853. The molecule has 1 heterocycles. The molecule has 146 valence electrons. The molecule has 27 heavy (non-hydrogen) atoms. The van der Waals surface area contributed by atoms with E-state index in [9.17, 15) is 9.90 Å². The summed E-state index contributed by atoms with van der Waals surface area (Å²) in [5.41, 5.74) is 4.22. The van der Waals surface area contributed by atoms with Gasteiger partial charge in [0.15, 0.2) is 0 Å². The van der Waals surface area contributed by atoms with E-state index in [2.05, 4.69) is 16.8 Å². The highest BCUT2D eigenvalue weighted by molar-refractivity contribution is 6.30. The van der Waals surface area contributed by atoms with E-state index in [-0.39, 0.29) is 0 Å². The molecule has 1 aromatic heterocycles. The molecule has 1 aliphatic rings. The van der Waals surface area contributed by atoms with Gasteiger partial charge in [-0.15, -0.1) is 0 Å². The second-order valence-corrected chi connectivity index (χ2v) is 8.23. The number of carboxylic acid groups (broad SMARTS) is 1. The standard InChI is InChI=1S/C22H29ClN2O2/c1-14-7-4-5-10-20(14)24-12-19-15(2)25(16(3)21(19)22(26)27)13-17-8-6-9-18(23)11-17/h6,8-9,11,14,20,24H,4-5,7,10,12-13H2,1-3H3,(H,26,27)/t14-,20-/m0/s1. The number of carbonyl (C=O) groups is 1. The van der Waals surface area contributed by atoms with Gasteiger partial charge in [-0.3, -0.25) is 0 Å². The minimum Gasteiger partial charge on any atom is -0.478 e. The van der Waals surface area contributed by atoms with Crippen LogP contribution in [0.2, 0.25) is 5.02 Å². The molecule has 4 nitrogen and oxygen atoms in total. The first kappa shape index (κ1) is 20.0. The van der Waals surface area contributed by atoms with Gasteiger partial charge in [0.05, 0.1) is 5.56 Å². The van der Waals surface area contributed by atoms with Gasteiger partial charge in [-0.05, 0) is 50.3 Å². The summed E-state index contributed by atoms with van der Waals surface area (Å²) in [4.78, 5) is 12.0. The van der Waals surface area contributed by atoms with Crippen LogP contribution < -0.4 is 5.32 Å². The summed E-state index contributed by atoms with van der Waals surface area (Å²) in [6, 6.07) is 8.20. The SMILES string of the molecule is Cc1c(CN[C@H]2CCCC[C@@H]2C)c(C(=O)O)c(C)n1Cc1cccc(Cl)c1. The van der Waals surface area contributed by atoms with Gasteiger partial charge in [0.25, 0.3) is 0 Å². The Balaban J connectivity index is 1.87. The second-order valence-electron chi connectivity index (χ2n) is 7.79. The van der Waals surface area contributed by atoms with E-state index in [0.717, 1.165) is 22.5 Å². The predicted molar refractivity (Wildman–Crippen MR) is 110 cm³/mol. The van der Waals surface area contributed by atoms with Crippen LogP contribution in [0.1, 0.15) is 65.5 Å². The van der Waals surface area contributed by atoms with E-state index >= 15 is 0 Å². The Morgan fingerprint density at radius 2 is 2.00 bits per heavy atom. The highest BCUT2D eigenvalue weighted by Gasteiger charge is 2.25. The molecule has 0 spiro atoms. The summed E-state index contributed by atoms with van der Waals surface area (Å²) in [6.07, 6.45) is 4.97. The lowest BCUT2D eigenvalue weighted by Gasteiger charge is -2.29. The van der Waals surface area contributed by atoms with Crippen molar-refractivity contribution in [2.75, 3.05) is 0 Å². The van der Waals surface area contributed by atoms with Crippen molar-refractivity contribution in [2.45, 2.75) is 65.6 Å². The molecule has 2 atom stereocenters. The van der Waals surface area contributed by atoms with Crippen LogP contribution in [0.15, 0.2) is 24.3 Å². The molecule has 0 bridgehead atoms. The Labute approximate surface area is 166 Å². The number of nitrogens with one attached hydrogen (secondary N) is 1. The van der Waals surface area contributed by atoms with Crippen LogP contribution >= 0.6 is 11.6 Å². The first-order valence-electron chi connectivity index (χ1n) is 9.78. The number of carboxylic acids is 1. The quantitative estimate of drug-likeness (QED) is 0.717. The number of hydrogen-bond donors (Lipinski definition) is 2. The molecule has 1 fully saturated rings. The Hall–Kier alpha value is -1.78. The van der Waals surface area contributed by atoms with E-state index in [1.54, 1.807) is 0 Å². The molecule has 0 unspecified atom stereocenters. The molecule has 0 radical (unpaired) electrons. The number of aromatic nitrogens is 1. The molecular formula is C22H29ClN2O2. The van der Waals surface area contributed by atoms with Crippen molar-refractivity contribution in [1.29, 1.82) is 0 Å². The summed E-state index contributed by atoms with van der Waals surface area (Å²) in [6.45, 7) is 7.43. The fourth-order valence-electron chi connectivity index (χ4n) is 4.36. The number of nitrogens with zero attached hydrogens (tertiary/aromatic N) is 1. The van der Waals surface area contributed by atoms with E-state index < -0.39 is 5.97 Å². The molecule has 0 saturated heterocycles. The van der Waals surface area contributed by atoms with Gasteiger partial charge < -0.3 is 15.0 Å². The van der Waals surface area contributed by atoms with Crippen molar-refractivity contribution in [3.05, 3.63) is 57.4 Å². The number of halogens is 1. The third-order valence-electron chi connectivity index (χ3n) is 6.01. The monoisotopic (exact) mass is 388 g/mol. The highest BCUT2D eigenvalue weighted by atomic mass is 35.5. The van der Waals surface area contributed by atoms with Crippen molar-refractivity contribution in [3.8, 4) is 0 Å². The number of aromatic carboxylic acids is 1. The molecule has 1 saturated carbocycles. The molecule has 1 aliphatic carbocycles. The summed E-state index contributed by atoms with van der Waals surface area (Å²) in [7, 11) is 0. The van der Waals surface area contributed by atoms with Gasteiger partial charge in [0.2, 0.25) is 0 Å². The fourth-order valence-corrected chi connectivity index (χ4v) is 4.57. The molecule has 5 heteroatoms. The lowest BCUT2D eigenvalue weighted by molar-refractivity contribution is 0.0694. The highest BCUT2D eigenvalue weighted by Crippen LogP contribution is 2.27. The van der Waals surface area contributed by atoms with Crippen molar-refractivity contribution in [3.63, 3.8) is 0 Å². The van der Waals surface area contributed by atoms with Gasteiger partial charge >= 0.3 is 5.97 Å². The van der Waals surface area contributed by atoms with E-state index in [1.165, 1.54) is 25.7 Å². The van der Waals surface area contributed by atoms with Crippen LogP contribution in [-0.2, 0) is 13.1 Å². The molecule has 0 aliphatic heterocycles. The summed E-state index contributed by atoms with van der Waals surface area (Å²) < 4.78 is 2.09. The first-order valence-corrected chi connectivity index (χ1v) is 10.2.